The van der Waals surface area contributed by atoms with Crippen molar-refractivity contribution < 1.29 is 0 Å². The molecular weight excluding hydrogens is 252 g/mol. The van der Waals surface area contributed by atoms with E-state index < -0.39 is 0 Å². The van der Waals surface area contributed by atoms with Gasteiger partial charge in [0.2, 0.25) is 0 Å². The van der Waals surface area contributed by atoms with Gasteiger partial charge in [0.05, 0.1) is 0 Å². The number of pyridine rings is 1. The van der Waals surface area contributed by atoms with E-state index in [1.54, 1.807) is 12.4 Å². The SMILES string of the molecule is Brc1ccc(/N=C/c2ccccc2)nc1. The fourth-order valence-corrected chi connectivity index (χ4v) is 1.36. The molecule has 1 aromatic carbocycles. The van der Waals surface area contributed by atoms with Crippen LogP contribution in [0.15, 0.2) is 58.1 Å². The lowest BCUT2D eigenvalue weighted by molar-refractivity contribution is 1.26. The Bertz CT molecular complexity index is 449. The lowest BCUT2D eigenvalue weighted by atomic mass is 10.2. The molecule has 0 fully saturated rings. The van der Waals surface area contributed by atoms with Gasteiger partial charge in [0.15, 0.2) is 5.82 Å². The Labute approximate surface area is 96.8 Å². The molecule has 74 valence electrons. The van der Waals surface area contributed by atoms with Gasteiger partial charge in [-0.1, -0.05) is 30.3 Å². The highest BCUT2D eigenvalue weighted by Gasteiger charge is 1.90. The fourth-order valence-electron chi connectivity index (χ4n) is 1.12. The van der Waals surface area contributed by atoms with E-state index in [0.29, 0.717) is 5.82 Å². The first kappa shape index (κ1) is 10.1. The number of hydrogen-bond donors (Lipinski definition) is 0. The Hall–Kier alpha value is -1.48. The minimum absolute atomic E-state index is 0.710. The van der Waals surface area contributed by atoms with E-state index in [0.717, 1.165) is 10.0 Å². The van der Waals surface area contributed by atoms with Crippen LogP contribution in [-0.4, -0.2) is 11.2 Å². The highest BCUT2D eigenvalue weighted by Crippen LogP contribution is 2.12. The maximum absolute atomic E-state index is 4.26. The number of nitrogens with zero attached hydrogens (tertiary/aromatic N) is 2. The summed E-state index contributed by atoms with van der Waals surface area (Å²) in [5.74, 6) is 0.710. The van der Waals surface area contributed by atoms with E-state index >= 15 is 0 Å². The summed E-state index contributed by atoms with van der Waals surface area (Å²) in [7, 11) is 0. The predicted molar refractivity (Wildman–Crippen MR) is 65.6 cm³/mol. The summed E-state index contributed by atoms with van der Waals surface area (Å²) >= 11 is 3.33. The summed E-state index contributed by atoms with van der Waals surface area (Å²) in [5, 5.41) is 0. The molecule has 0 saturated heterocycles. The lowest BCUT2D eigenvalue weighted by Crippen LogP contribution is -1.79. The van der Waals surface area contributed by atoms with Crippen molar-refractivity contribution in [1.29, 1.82) is 0 Å². The van der Waals surface area contributed by atoms with Crippen LogP contribution in [0.3, 0.4) is 0 Å². The van der Waals surface area contributed by atoms with Gasteiger partial charge in [-0.15, -0.1) is 0 Å². The normalized spacial score (nSPS) is 10.7. The minimum Gasteiger partial charge on any atom is -0.237 e. The van der Waals surface area contributed by atoms with Gasteiger partial charge in [0, 0.05) is 16.9 Å². The Morgan fingerprint density at radius 2 is 1.87 bits per heavy atom. The number of aliphatic imine (C=N–C) groups is 1. The molecule has 0 radical (unpaired) electrons. The van der Waals surface area contributed by atoms with Crippen LogP contribution < -0.4 is 0 Å². The number of benzene rings is 1. The van der Waals surface area contributed by atoms with Crippen molar-refractivity contribution in [2.75, 3.05) is 0 Å². The number of rotatable bonds is 2. The van der Waals surface area contributed by atoms with Crippen LogP contribution in [0, 0.1) is 0 Å². The molecule has 3 heteroatoms. The molecule has 0 saturated carbocycles. The van der Waals surface area contributed by atoms with Crippen molar-refractivity contribution in [2.45, 2.75) is 0 Å². The molecule has 15 heavy (non-hydrogen) atoms. The molecule has 0 N–H and O–H groups in total. The largest absolute Gasteiger partial charge is 0.237 e. The average molecular weight is 261 g/mol. The zero-order chi connectivity index (χ0) is 10.5. The summed E-state index contributed by atoms with van der Waals surface area (Å²) < 4.78 is 0.959. The summed E-state index contributed by atoms with van der Waals surface area (Å²) in [5.41, 5.74) is 1.07. The van der Waals surface area contributed by atoms with Crippen molar-refractivity contribution >= 4 is 28.0 Å². The first-order chi connectivity index (χ1) is 7.34. The highest BCUT2D eigenvalue weighted by molar-refractivity contribution is 9.10. The zero-order valence-electron chi connectivity index (χ0n) is 7.97. The van der Waals surface area contributed by atoms with Crippen LogP contribution in [-0.2, 0) is 0 Å². The van der Waals surface area contributed by atoms with Crippen LogP contribution >= 0.6 is 15.9 Å². The molecule has 0 aliphatic carbocycles. The minimum atomic E-state index is 0.710. The van der Waals surface area contributed by atoms with E-state index in [1.165, 1.54) is 0 Å². The van der Waals surface area contributed by atoms with Crippen LogP contribution in [0.1, 0.15) is 5.56 Å². The van der Waals surface area contributed by atoms with Gasteiger partial charge in [-0.25, -0.2) is 9.98 Å². The topological polar surface area (TPSA) is 25.2 Å². The molecule has 0 aliphatic heterocycles. The summed E-state index contributed by atoms with van der Waals surface area (Å²) in [6, 6.07) is 13.7. The predicted octanol–water partition coefficient (Wildman–Crippen LogP) is 3.59. The molecule has 2 nitrogen and oxygen atoms in total. The van der Waals surface area contributed by atoms with Crippen molar-refractivity contribution in [3.05, 3.63) is 58.7 Å². The molecule has 1 aromatic heterocycles. The Balaban J connectivity index is 2.15. The van der Waals surface area contributed by atoms with Crippen LogP contribution in [0.4, 0.5) is 5.82 Å². The van der Waals surface area contributed by atoms with E-state index in [4.69, 9.17) is 0 Å². The second-order valence-electron chi connectivity index (χ2n) is 3.00. The van der Waals surface area contributed by atoms with Crippen LogP contribution in [0.5, 0.6) is 0 Å². The maximum Gasteiger partial charge on any atom is 0.151 e. The highest BCUT2D eigenvalue weighted by atomic mass is 79.9. The average Bonchev–Trinajstić information content (AvgIpc) is 2.30. The molecule has 0 aliphatic rings. The summed E-state index contributed by atoms with van der Waals surface area (Å²) in [4.78, 5) is 8.41. The molecule has 2 aromatic rings. The summed E-state index contributed by atoms with van der Waals surface area (Å²) in [6.07, 6.45) is 3.54. The first-order valence-corrected chi connectivity index (χ1v) is 5.34. The van der Waals surface area contributed by atoms with Crippen molar-refractivity contribution in [1.82, 2.24) is 4.98 Å². The number of halogens is 1. The number of aromatic nitrogens is 1. The van der Waals surface area contributed by atoms with E-state index in [2.05, 4.69) is 25.9 Å². The van der Waals surface area contributed by atoms with Gasteiger partial charge in [-0.3, -0.25) is 0 Å². The van der Waals surface area contributed by atoms with Gasteiger partial charge in [-0.2, -0.15) is 0 Å². The number of hydrogen-bond acceptors (Lipinski definition) is 2. The van der Waals surface area contributed by atoms with E-state index in [1.807, 2.05) is 42.5 Å². The van der Waals surface area contributed by atoms with Gasteiger partial charge >= 0.3 is 0 Å². The van der Waals surface area contributed by atoms with Crippen molar-refractivity contribution in [3.63, 3.8) is 0 Å². The molecule has 0 atom stereocenters. The van der Waals surface area contributed by atoms with Crippen molar-refractivity contribution in [3.8, 4) is 0 Å². The van der Waals surface area contributed by atoms with Gasteiger partial charge in [0.1, 0.15) is 0 Å². The third-order valence-corrected chi connectivity index (χ3v) is 2.33. The Morgan fingerprint density at radius 1 is 1.07 bits per heavy atom. The molecule has 0 unspecified atom stereocenters. The maximum atomic E-state index is 4.26. The molecule has 0 bridgehead atoms. The Kier molecular flexibility index (Phi) is 3.25. The second-order valence-corrected chi connectivity index (χ2v) is 3.92. The lowest BCUT2D eigenvalue weighted by Gasteiger charge is -1.93. The summed E-state index contributed by atoms with van der Waals surface area (Å²) in [6.45, 7) is 0. The Morgan fingerprint density at radius 3 is 2.53 bits per heavy atom. The molecule has 0 spiro atoms. The third kappa shape index (κ3) is 2.99. The smallest absolute Gasteiger partial charge is 0.151 e. The van der Waals surface area contributed by atoms with E-state index in [-0.39, 0.29) is 0 Å². The van der Waals surface area contributed by atoms with Gasteiger partial charge in [-0.05, 0) is 33.6 Å². The second kappa shape index (κ2) is 4.84. The first-order valence-electron chi connectivity index (χ1n) is 4.55. The van der Waals surface area contributed by atoms with Gasteiger partial charge < -0.3 is 0 Å². The quantitative estimate of drug-likeness (QED) is 0.758. The van der Waals surface area contributed by atoms with Gasteiger partial charge in [0.25, 0.3) is 0 Å². The molecule has 2 rings (SSSR count). The van der Waals surface area contributed by atoms with E-state index in [9.17, 15) is 0 Å². The molecular formula is C12H9BrN2. The molecule has 0 amide bonds. The molecule has 1 heterocycles. The third-order valence-electron chi connectivity index (χ3n) is 1.86. The zero-order valence-corrected chi connectivity index (χ0v) is 9.55. The van der Waals surface area contributed by atoms with Crippen LogP contribution in [0.2, 0.25) is 0 Å². The van der Waals surface area contributed by atoms with Crippen LogP contribution in [0.25, 0.3) is 0 Å². The van der Waals surface area contributed by atoms with Crippen molar-refractivity contribution in [2.24, 2.45) is 4.99 Å². The fraction of sp³-hybridized carbons (Fsp3) is 0. The monoisotopic (exact) mass is 260 g/mol. The standard InChI is InChI=1S/C12H9BrN2/c13-11-6-7-12(15-9-11)14-8-10-4-2-1-3-5-10/h1-9H/b14-8+.